The van der Waals surface area contributed by atoms with E-state index in [4.69, 9.17) is 0 Å². The van der Waals surface area contributed by atoms with E-state index in [1.807, 2.05) is 56.3 Å². The molecule has 2 N–H and O–H groups in total. The average molecular weight is 335 g/mol. The lowest BCUT2D eigenvalue weighted by Crippen LogP contribution is -2.31. The first-order valence-corrected chi connectivity index (χ1v) is 8.20. The average Bonchev–Trinajstić information content (AvgIpc) is 2.56. The first-order chi connectivity index (χ1) is 12.0. The van der Waals surface area contributed by atoms with Gasteiger partial charge in [-0.3, -0.25) is 14.3 Å². The van der Waals surface area contributed by atoms with Crippen LogP contribution in [0.1, 0.15) is 22.3 Å². The molecule has 0 radical (unpaired) electrons. The van der Waals surface area contributed by atoms with Gasteiger partial charge in [-0.2, -0.15) is 0 Å². The summed E-state index contributed by atoms with van der Waals surface area (Å²) in [5.74, 6) is 0. The minimum Gasteiger partial charge on any atom is -0.375 e. The Hall–Kier alpha value is -3.08. The van der Waals surface area contributed by atoms with Crippen LogP contribution in [0, 0.1) is 13.8 Å². The van der Waals surface area contributed by atoms with E-state index < -0.39 is 11.2 Å². The lowest BCUT2D eigenvalue weighted by molar-refractivity contribution is 0.720. The molecule has 0 fully saturated rings. The van der Waals surface area contributed by atoms with E-state index in [1.165, 1.54) is 4.57 Å². The van der Waals surface area contributed by atoms with Crippen LogP contribution in [0.15, 0.2) is 64.3 Å². The Balaban J connectivity index is 1.85. The minimum atomic E-state index is -0.408. The van der Waals surface area contributed by atoms with Crippen LogP contribution in [0.25, 0.3) is 0 Å². The molecule has 1 heterocycles. The number of aryl methyl sites for hydroxylation is 2. The van der Waals surface area contributed by atoms with Crippen LogP contribution in [0.2, 0.25) is 0 Å². The van der Waals surface area contributed by atoms with Crippen molar-refractivity contribution in [3.8, 4) is 0 Å². The molecule has 5 nitrogen and oxygen atoms in total. The van der Waals surface area contributed by atoms with Crippen molar-refractivity contribution in [3.05, 3.63) is 97.8 Å². The zero-order chi connectivity index (χ0) is 17.8. The van der Waals surface area contributed by atoms with Crippen LogP contribution in [-0.2, 0) is 13.1 Å². The molecule has 0 saturated carbocycles. The van der Waals surface area contributed by atoms with E-state index in [0.29, 0.717) is 18.8 Å². The minimum absolute atomic E-state index is 0.382. The molecule has 0 spiro atoms. The highest BCUT2D eigenvalue weighted by Crippen LogP contribution is 2.10. The second-order valence-electron chi connectivity index (χ2n) is 6.27. The Labute approximate surface area is 146 Å². The molecule has 128 valence electrons. The number of hydrogen-bond acceptors (Lipinski definition) is 3. The molecule has 0 aliphatic carbocycles. The number of aromatic nitrogens is 2. The predicted octanol–water partition coefficient (Wildman–Crippen LogP) is 2.81. The van der Waals surface area contributed by atoms with Crippen molar-refractivity contribution >= 4 is 5.69 Å². The molecular weight excluding hydrogens is 314 g/mol. The highest BCUT2D eigenvalue weighted by molar-refractivity contribution is 5.39. The van der Waals surface area contributed by atoms with Crippen LogP contribution in [-0.4, -0.2) is 9.55 Å². The van der Waals surface area contributed by atoms with Crippen molar-refractivity contribution in [2.45, 2.75) is 26.9 Å². The largest absolute Gasteiger partial charge is 0.375 e. The normalized spacial score (nSPS) is 10.6. The van der Waals surface area contributed by atoms with Gasteiger partial charge in [-0.05, 0) is 25.0 Å². The molecule has 0 bridgehead atoms. The first kappa shape index (κ1) is 16.8. The summed E-state index contributed by atoms with van der Waals surface area (Å²) in [7, 11) is 0. The standard InChI is InChI=1S/C20H21N3O2/c1-14-8-15(2)10-17(9-14)12-23-13-18(19(24)22-20(23)25)21-11-16-6-4-3-5-7-16/h3-10,13,21H,11-12H2,1-2H3,(H,22,24,25). The number of aromatic amines is 1. The molecule has 3 rings (SSSR count). The Morgan fingerprint density at radius 1 is 0.960 bits per heavy atom. The second kappa shape index (κ2) is 7.21. The van der Waals surface area contributed by atoms with Gasteiger partial charge in [-0.1, -0.05) is 59.7 Å². The van der Waals surface area contributed by atoms with E-state index >= 15 is 0 Å². The summed E-state index contributed by atoms with van der Waals surface area (Å²) in [6.07, 6.45) is 1.59. The number of benzene rings is 2. The lowest BCUT2D eigenvalue weighted by atomic mass is 10.1. The molecule has 2 aromatic carbocycles. The fraction of sp³-hybridized carbons (Fsp3) is 0.200. The maximum Gasteiger partial charge on any atom is 0.328 e. The molecule has 0 unspecified atom stereocenters. The first-order valence-electron chi connectivity index (χ1n) is 8.20. The molecule has 0 aliphatic rings. The number of anilines is 1. The molecule has 0 aliphatic heterocycles. The van der Waals surface area contributed by atoms with Crippen molar-refractivity contribution in [1.82, 2.24) is 9.55 Å². The van der Waals surface area contributed by atoms with Gasteiger partial charge in [0.25, 0.3) is 5.56 Å². The van der Waals surface area contributed by atoms with Crippen molar-refractivity contribution in [3.63, 3.8) is 0 Å². The Morgan fingerprint density at radius 3 is 2.32 bits per heavy atom. The van der Waals surface area contributed by atoms with Gasteiger partial charge in [0, 0.05) is 12.7 Å². The number of hydrogen-bond donors (Lipinski definition) is 2. The van der Waals surface area contributed by atoms with Crippen molar-refractivity contribution in [2.24, 2.45) is 0 Å². The van der Waals surface area contributed by atoms with Gasteiger partial charge in [-0.25, -0.2) is 4.79 Å². The Bertz CT molecular complexity index is 968. The molecule has 3 aromatic rings. The molecule has 25 heavy (non-hydrogen) atoms. The number of rotatable bonds is 5. The monoisotopic (exact) mass is 335 g/mol. The summed E-state index contributed by atoms with van der Waals surface area (Å²) in [6, 6.07) is 16.0. The zero-order valence-electron chi connectivity index (χ0n) is 14.4. The SMILES string of the molecule is Cc1cc(C)cc(Cn2cc(NCc3ccccc3)c(=O)[nH]c2=O)c1. The molecule has 0 saturated heterocycles. The molecule has 5 heteroatoms. The molecule has 0 amide bonds. The molecule has 0 atom stereocenters. The van der Waals surface area contributed by atoms with E-state index in [-0.39, 0.29) is 0 Å². The lowest BCUT2D eigenvalue weighted by Gasteiger charge is -2.11. The van der Waals surface area contributed by atoms with Crippen molar-refractivity contribution in [1.29, 1.82) is 0 Å². The van der Waals surface area contributed by atoms with Gasteiger partial charge in [0.05, 0.1) is 6.54 Å². The van der Waals surface area contributed by atoms with Gasteiger partial charge in [-0.15, -0.1) is 0 Å². The predicted molar refractivity (Wildman–Crippen MR) is 100 cm³/mol. The van der Waals surface area contributed by atoms with E-state index in [1.54, 1.807) is 6.20 Å². The van der Waals surface area contributed by atoms with Gasteiger partial charge in [0.15, 0.2) is 0 Å². The van der Waals surface area contributed by atoms with Crippen LogP contribution in [0.4, 0.5) is 5.69 Å². The van der Waals surface area contributed by atoms with Crippen LogP contribution in [0.3, 0.4) is 0 Å². The fourth-order valence-corrected chi connectivity index (χ4v) is 2.90. The summed E-state index contributed by atoms with van der Waals surface area (Å²) >= 11 is 0. The third kappa shape index (κ3) is 4.26. The zero-order valence-corrected chi connectivity index (χ0v) is 14.4. The van der Waals surface area contributed by atoms with E-state index in [0.717, 1.165) is 22.3 Å². The third-order valence-electron chi connectivity index (χ3n) is 3.97. The van der Waals surface area contributed by atoms with E-state index in [9.17, 15) is 9.59 Å². The van der Waals surface area contributed by atoms with Gasteiger partial charge >= 0.3 is 5.69 Å². The smallest absolute Gasteiger partial charge is 0.328 e. The highest BCUT2D eigenvalue weighted by atomic mass is 16.2. The van der Waals surface area contributed by atoms with Crippen LogP contribution >= 0.6 is 0 Å². The number of H-pyrrole nitrogens is 1. The third-order valence-corrected chi connectivity index (χ3v) is 3.97. The maximum atomic E-state index is 12.1. The maximum absolute atomic E-state index is 12.1. The molecular formula is C20H21N3O2. The summed E-state index contributed by atoms with van der Waals surface area (Å²) < 4.78 is 1.52. The summed E-state index contributed by atoms with van der Waals surface area (Å²) in [4.78, 5) is 26.5. The van der Waals surface area contributed by atoms with Crippen LogP contribution in [0.5, 0.6) is 0 Å². The van der Waals surface area contributed by atoms with Gasteiger partial charge < -0.3 is 5.32 Å². The van der Waals surface area contributed by atoms with E-state index in [2.05, 4.69) is 16.4 Å². The Kier molecular flexibility index (Phi) is 4.84. The fourth-order valence-electron chi connectivity index (χ4n) is 2.90. The van der Waals surface area contributed by atoms with Crippen molar-refractivity contribution < 1.29 is 0 Å². The van der Waals surface area contributed by atoms with Gasteiger partial charge in [0.1, 0.15) is 5.69 Å². The number of nitrogens with one attached hydrogen (secondary N) is 2. The quantitative estimate of drug-likeness (QED) is 0.753. The molecule has 1 aromatic heterocycles. The summed E-state index contributed by atoms with van der Waals surface area (Å²) in [5.41, 5.74) is 3.96. The topological polar surface area (TPSA) is 66.9 Å². The van der Waals surface area contributed by atoms with Crippen LogP contribution < -0.4 is 16.6 Å². The second-order valence-corrected chi connectivity index (χ2v) is 6.27. The van der Waals surface area contributed by atoms with Crippen molar-refractivity contribution in [2.75, 3.05) is 5.32 Å². The summed E-state index contributed by atoms with van der Waals surface area (Å²) in [6.45, 7) is 4.99. The number of nitrogens with zero attached hydrogens (tertiary/aromatic N) is 1. The highest BCUT2D eigenvalue weighted by Gasteiger charge is 2.06. The Morgan fingerprint density at radius 2 is 1.64 bits per heavy atom. The summed E-state index contributed by atoms with van der Waals surface area (Å²) in [5, 5.41) is 3.10. The van der Waals surface area contributed by atoms with Gasteiger partial charge in [0.2, 0.25) is 0 Å².